The van der Waals surface area contributed by atoms with Crippen molar-refractivity contribution in [3.63, 3.8) is 0 Å². The monoisotopic (exact) mass is 216 g/mol. The van der Waals surface area contributed by atoms with Gasteiger partial charge >= 0.3 is 0 Å². The highest BCUT2D eigenvalue weighted by Gasteiger charge is 1.98. The zero-order valence-corrected chi connectivity index (χ0v) is 8.85. The van der Waals surface area contributed by atoms with Gasteiger partial charge in [-0.25, -0.2) is 0 Å². The Hall–Kier alpha value is -0.620. The molecule has 1 aromatic heterocycles. The van der Waals surface area contributed by atoms with Gasteiger partial charge in [-0.1, -0.05) is 0 Å². The number of nitrogens with one attached hydrogen (secondary N) is 1. The Morgan fingerprint density at radius 1 is 1.50 bits per heavy atom. The van der Waals surface area contributed by atoms with E-state index in [1.54, 1.807) is 11.3 Å². The van der Waals surface area contributed by atoms with Gasteiger partial charge in [0.2, 0.25) is 0 Å². The molecule has 4 nitrogen and oxygen atoms in total. The van der Waals surface area contributed by atoms with Gasteiger partial charge in [0.15, 0.2) is 0 Å². The molecule has 5 heteroatoms. The summed E-state index contributed by atoms with van der Waals surface area (Å²) in [6.07, 6.45) is 0. The number of nitrogen functional groups attached to an aromatic ring is 1. The van der Waals surface area contributed by atoms with Crippen molar-refractivity contribution in [2.75, 3.05) is 32.1 Å². The van der Waals surface area contributed by atoms with Crippen LogP contribution >= 0.6 is 11.3 Å². The number of nitrogens with two attached hydrogens (primary N) is 1. The van der Waals surface area contributed by atoms with E-state index in [0.29, 0.717) is 13.2 Å². The first kappa shape index (κ1) is 11.5. The number of ether oxygens (including phenoxy) is 1. The van der Waals surface area contributed by atoms with Crippen molar-refractivity contribution in [2.24, 2.45) is 0 Å². The van der Waals surface area contributed by atoms with Gasteiger partial charge in [0, 0.05) is 23.7 Å². The van der Waals surface area contributed by atoms with Crippen molar-refractivity contribution in [3.8, 4) is 0 Å². The third-order valence-electron chi connectivity index (χ3n) is 1.72. The summed E-state index contributed by atoms with van der Waals surface area (Å²) in [6, 6.07) is 1.91. The van der Waals surface area contributed by atoms with Gasteiger partial charge in [-0.2, -0.15) is 0 Å². The number of rotatable bonds is 7. The van der Waals surface area contributed by atoms with Crippen molar-refractivity contribution in [3.05, 3.63) is 16.3 Å². The van der Waals surface area contributed by atoms with E-state index >= 15 is 0 Å². The van der Waals surface area contributed by atoms with Crippen LogP contribution in [0.2, 0.25) is 0 Å². The van der Waals surface area contributed by atoms with Crippen LogP contribution in [-0.2, 0) is 11.3 Å². The summed E-state index contributed by atoms with van der Waals surface area (Å²) >= 11 is 1.65. The van der Waals surface area contributed by atoms with Crippen molar-refractivity contribution in [2.45, 2.75) is 6.54 Å². The summed E-state index contributed by atoms with van der Waals surface area (Å²) in [7, 11) is 0. The highest BCUT2D eigenvalue weighted by molar-refractivity contribution is 7.10. The molecular formula is C9H16N2O2S. The Bertz CT molecular complexity index is 253. The fourth-order valence-corrected chi connectivity index (χ4v) is 1.78. The Kier molecular flexibility index (Phi) is 5.55. The van der Waals surface area contributed by atoms with Gasteiger partial charge in [-0.05, 0) is 11.4 Å². The molecule has 0 aliphatic heterocycles. The maximum absolute atomic E-state index is 8.45. The molecule has 0 atom stereocenters. The smallest absolute Gasteiger partial charge is 0.0698 e. The zero-order chi connectivity index (χ0) is 10.2. The van der Waals surface area contributed by atoms with Crippen LogP contribution in [0.4, 0.5) is 5.69 Å². The molecule has 1 aromatic rings. The standard InChI is InChI=1S/C9H16N2O2S/c10-8-1-6-14-9(8)7-11-2-4-13-5-3-12/h1,6,11-12H,2-5,7,10H2. The minimum atomic E-state index is 0.0812. The minimum Gasteiger partial charge on any atom is -0.398 e. The lowest BCUT2D eigenvalue weighted by Crippen LogP contribution is -2.19. The first-order valence-corrected chi connectivity index (χ1v) is 5.43. The molecule has 0 saturated heterocycles. The lowest BCUT2D eigenvalue weighted by Gasteiger charge is -2.04. The van der Waals surface area contributed by atoms with E-state index in [0.717, 1.165) is 23.7 Å². The van der Waals surface area contributed by atoms with Crippen LogP contribution in [0, 0.1) is 0 Å². The second kappa shape index (κ2) is 6.78. The molecular weight excluding hydrogens is 200 g/mol. The average Bonchev–Trinajstić information content (AvgIpc) is 2.58. The van der Waals surface area contributed by atoms with Gasteiger partial charge in [-0.15, -0.1) is 11.3 Å². The number of aliphatic hydroxyl groups is 1. The number of hydrogen-bond acceptors (Lipinski definition) is 5. The molecule has 0 fully saturated rings. The summed E-state index contributed by atoms with van der Waals surface area (Å²) < 4.78 is 5.09. The Morgan fingerprint density at radius 2 is 2.36 bits per heavy atom. The highest BCUT2D eigenvalue weighted by atomic mass is 32.1. The molecule has 1 rings (SSSR count). The molecule has 0 aromatic carbocycles. The fourth-order valence-electron chi connectivity index (χ4n) is 1.01. The highest BCUT2D eigenvalue weighted by Crippen LogP contribution is 2.17. The first-order chi connectivity index (χ1) is 6.84. The van der Waals surface area contributed by atoms with Crippen LogP contribution in [0.1, 0.15) is 4.88 Å². The third kappa shape index (κ3) is 4.06. The van der Waals surface area contributed by atoms with E-state index in [2.05, 4.69) is 5.32 Å². The molecule has 4 N–H and O–H groups in total. The number of thiophene rings is 1. The van der Waals surface area contributed by atoms with Gasteiger partial charge in [-0.3, -0.25) is 0 Å². The van der Waals surface area contributed by atoms with E-state index in [1.807, 2.05) is 11.4 Å². The summed E-state index contributed by atoms with van der Waals surface area (Å²) in [4.78, 5) is 1.16. The SMILES string of the molecule is Nc1ccsc1CNCCOCCO. The Balaban J connectivity index is 2.02. The predicted molar refractivity (Wildman–Crippen MR) is 58.3 cm³/mol. The van der Waals surface area contributed by atoms with Crippen LogP contribution in [0.5, 0.6) is 0 Å². The predicted octanol–water partition coefficient (Wildman–Crippen LogP) is 0.429. The van der Waals surface area contributed by atoms with E-state index in [1.165, 1.54) is 0 Å². The lowest BCUT2D eigenvalue weighted by atomic mass is 10.4. The normalized spacial score (nSPS) is 10.6. The van der Waals surface area contributed by atoms with Gasteiger partial charge < -0.3 is 20.9 Å². The second-order valence-corrected chi connectivity index (χ2v) is 3.81. The van der Waals surface area contributed by atoms with Crippen molar-refractivity contribution >= 4 is 17.0 Å². The van der Waals surface area contributed by atoms with E-state index in [4.69, 9.17) is 15.6 Å². The number of aliphatic hydroxyl groups excluding tert-OH is 1. The maximum atomic E-state index is 8.45. The molecule has 0 saturated carbocycles. The minimum absolute atomic E-state index is 0.0812. The maximum Gasteiger partial charge on any atom is 0.0698 e. The summed E-state index contributed by atoms with van der Waals surface area (Å²) in [5.74, 6) is 0. The lowest BCUT2D eigenvalue weighted by molar-refractivity contribution is 0.0938. The second-order valence-electron chi connectivity index (χ2n) is 2.81. The Labute approximate surface area is 87.7 Å². The largest absolute Gasteiger partial charge is 0.398 e. The number of hydrogen-bond donors (Lipinski definition) is 3. The van der Waals surface area contributed by atoms with Crippen LogP contribution in [0.15, 0.2) is 11.4 Å². The zero-order valence-electron chi connectivity index (χ0n) is 8.03. The van der Waals surface area contributed by atoms with E-state index in [-0.39, 0.29) is 6.61 Å². The average molecular weight is 216 g/mol. The van der Waals surface area contributed by atoms with Crippen LogP contribution < -0.4 is 11.1 Å². The molecule has 0 spiro atoms. The van der Waals surface area contributed by atoms with Gasteiger partial charge in [0.05, 0.1) is 19.8 Å². The topological polar surface area (TPSA) is 67.5 Å². The molecule has 0 aliphatic carbocycles. The van der Waals surface area contributed by atoms with Crippen molar-refractivity contribution in [1.29, 1.82) is 0 Å². The van der Waals surface area contributed by atoms with Crippen LogP contribution in [0.25, 0.3) is 0 Å². The van der Waals surface area contributed by atoms with Crippen LogP contribution in [-0.4, -0.2) is 31.5 Å². The molecule has 80 valence electrons. The summed E-state index contributed by atoms with van der Waals surface area (Å²) in [5, 5.41) is 13.6. The third-order valence-corrected chi connectivity index (χ3v) is 2.66. The Morgan fingerprint density at radius 3 is 3.00 bits per heavy atom. The fraction of sp³-hybridized carbons (Fsp3) is 0.556. The quantitative estimate of drug-likeness (QED) is 0.578. The molecule has 0 unspecified atom stereocenters. The summed E-state index contributed by atoms with van der Waals surface area (Å²) in [5.41, 5.74) is 6.56. The van der Waals surface area contributed by atoms with Crippen molar-refractivity contribution < 1.29 is 9.84 Å². The van der Waals surface area contributed by atoms with Gasteiger partial charge in [0.25, 0.3) is 0 Å². The first-order valence-electron chi connectivity index (χ1n) is 4.55. The molecule has 0 amide bonds. The van der Waals surface area contributed by atoms with E-state index < -0.39 is 0 Å². The molecule has 0 bridgehead atoms. The number of anilines is 1. The molecule has 14 heavy (non-hydrogen) atoms. The molecule has 0 radical (unpaired) electrons. The molecule has 0 aliphatic rings. The van der Waals surface area contributed by atoms with E-state index in [9.17, 15) is 0 Å². The molecule has 1 heterocycles. The van der Waals surface area contributed by atoms with Crippen LogP contribution in [0.3, 0.4) is 0 Å². The summed E-state index contributed by atoms with van der Waals surface area (Å²) in [6.45, 7) is 2.66. The van der Waals surface area contributed by atoms with Gasteiger partial charge in [0.1, 0.15) is 0 Å². The van der Waals surface area contributed by atoms with Crippen molar-refractivity contribution in [1.82, 2.24) is 5.32 Å².